The lowest BCUT2D eigenvalue weighted by atomic mass is 10.5. The molecule has 0 saturated heterocycles. The van der Waals surface area contributed by atoms with Crippen LogP contribution in [0, 0.1) is 6.92 Å². The molecule has 1 aromatic heterocycles. The normalized spacial score (nSPS) is 10.8. The Kier molecular flexibility index (Phi) is 4.84. The van der Waals surface area contributed by atoms with E-state index in [2.05, 4.69) is 15.3 Å². The Balaban J connectivity index is 2.26. The molecule has 0 atom stereocenters. The van der Waals surface area contributed by atoms with Crippen molar-refractivity contribution in [2.24, 2.45) is 0 Å². The van der Waals surface area contributed by atoms with Crippen LogP contribution in [0.25, 0.3) is 0 Å². The van der Waals surface area contributed by atoms with Crippen molar-refractivity contribution in [2.45, 2.75) is 13.3 Å². The van der Waals surface area contributed by atoms with Crippen LogP contribution in [-0.2, 0) is 4.74 Å². The number of ether oxygens (including phenoxy) is 1. The lowest BCUT2D eigenvalue weighted by molar-refractivity contribution is 0.0215. The molecular formula is C9H14F2N4O. The molecule has 0 fully saturated rings. The molecule has 0 spiro atoms. The highest BCUT2D eigenvalue weighted by Crippen LogP contribution is 2.06. The number of anilines is 2. The number of alkyl halides is 2. The first-order valence-electron chi connectivity index (χ1n) is 4.79. The van der Waals surface area contributed by atoms with Crippen LogP contribution in [0.1, 0.15) is 5.82 Å². The predicted molar refractivity (Wildman–Crippen MR) is 56.5 cm³/mol. The fourth-order valence-electron chi connectivity index (χ4n) is 1.11. The predicted octanol–water partition coefficient (Wildman–Crippen LogP) is 1.06. The molecule has 1 aromatic rings. The molecule has 1 heterocycles. The number of hydrogen-bond acceptors (Lipinski definition) is 5. The summed E-state index contributed by atoms with van der Waals surface area (Å²) in [6.45, 7) is 1.75. The maximum absolute atomic E-state index is 11.7. The summed E-state index contributed by atoms with van der Waals surface area (Å²) in [5, 5.41) is 2.90. The third kappa shape index (κ3) is 4.83. The number of aryl methyl sites for hydroxylation is 1. The molecule has 1 rings (SSSR count). The molecule has 5 nitrogen and oxygen atoms in total. The molecule has 7 heteroatoms. The number of nitrogen functional groups attached to an aromatic ring is 1. The minimum atomic E-state index is -2.43. The van der Waals surface area contributed by atoms with Crippen LogP contribution < -0.4 is 11.1 Å². The van der Waals surface area contributed by atoms with Crippen molar-refractivity contribution in [3.8, 4) is 0 Å². The van der Waals surface area contributed by atoms with Crippen LogP contribution in [0.5, 0.6) is 0 Å². The molecule has 0 amide bonds. The lowest BCUT2D eigenvalue weighted by Gasteiger charge is -2.07. The summed E-state index contributed by atoms with van der Waals surface area (Å²) in [6.07, 6.45) is -2.43. The number of hydrogen-bond donors (Lipinski definition) is 2. The molecule has 0 saturated carbocycles. The average Bonchev–Trinajstić information content (AvgIpc) is 2.15. The third-order valence-corrected chi connectivity index (χ3v) is 1.65. The summed E-state index contributed by atoms with van der Waals surface area (Å²) in [6, 6.07) is 1.57. The Labute approximate surface area is 92.0 Å². The van der Waals surface area contributed by atoms with Crippen LogP contribution >= 0.6 is 0 Å². The fourth-order valence-corrected chi connectivity index (χ4v) is 1.11. The van der Waals surface area contributed by atoms with Crippen LogP contribution in [0.3, 0.4) is 0 Å². The van der Waals surface area contributed by atoms with E-state index in [1.54, 1.807) is 13.0 Å². The first kappa shape index (κ1) is 12.6. The first-order valence-corrected chi connectivity index (χ1v) is 4.79. The monoisotopic (exact) mass is 232 g/mol. The zero-order chi connectivity index (χ0) is 12.0. The molecule has 90 valence electrons. The Bertz CT molecular complexity index is 315. The number of aromatic nitrogens is 2. The number of nitrogens with one attached hydrogen (secondary N) is 1. The maximum atomic E-state index is 11.7. The van der Waals surface area contributed by atoms with Gasteiger partial charge in [-0.15, -0.1) is 0 Å². The Hall–Kier alpha value is -1.50. The SMILES string of the molecule is Cc1nc(N)cc(NCCOCC(F)F)n1. The average molecular weight is 232 g/mol. The Morgan fingerprint density at radius 1 is 1.50 bits per heavy atom. The summed E-state index contributed by atoms with van der Waals surface area (Å²) in [7, 11) is 0. The smallest absolute Gasteiger partial charge is 0.261 e. The zero-order valence-corrected chi connectivity index (χ0v) is 8.91. The van der Waals surface area contributed by atoms with Gasteiger partial charge in [0.2, 0.25) is 0 Å². The quantitative estimate of drug-likeness (QED) is 0.717. The summed E-state index contributed by atoms with van der Waals surface area (Å²) in [5.41, 5.74) is 5.51. The van der Waals surface area contributed by atoms with Gasteiger partial charge in [0.25, 0.3) is 6.43 Å². The second kappa shape index (κ2) is 6.16. The zero-order valence-electron chi connectivity index (χ0n) is 8.91. The summed E-state index contributed by atoms with van der Waals surface area (Å²) in [5.74, 6) is 1.48. The second-order valence-electron chi connectivity index (χ2n) is 3.12. The largest absolute Gasteiger partial charge is 0.384 e. The summed E-state index contributed by atoms with van der Waals surface area (Å²) in [4.78, 5) is 7.96. The van der Waals surface area contributed by atoms with Crippen LogP contribution in [-0.4, -0.2) is 36.2 Å². The van der Waals surface area contributed by atoms with Gasteiger partial charge in [0.1, 0.15) is 24.1 Å². The summed E-state index contributed by atoms with van der Waals surface area (Å²) < 4.78 is 28.1. The van der Waals surface area contributed by atoms with E-state index in [0.29, 0.717) is 24.0 Å². The second-order valence-corrected chi connectivity index (χ2v) is 3.12. The van der Waals surface area contributed by atoms with Crippen molar-refractivity contribution in [2.75, 3.05) is 30.8 Å². The van der Waals surface area contributed by atoms with E-state index < -0.39 is 13.0 Å². The van der Waals surface area contributed by atoms with E-state index in [1.165, 1.54) is 0 Å². The lowest BCUT2D eigenvalue weighted by Crippen LogP contribution is -2.14. The van der Waals surface area contributed by atoms with Crippen LogP contribution in [0.4, 0.5) is 20.4 Å². The summed E-state index contributed by atoms with van der Waals surface area (Å²) >= 11 is 0. The highest BCUT2D eigenvalue weighted by molar-refractivity contribution is 5.44. The molecule has 0 aromatic carbocycles. The van der Waals surface area contributed by atoms with Gasteiger partial charge in [-0.2, -0.15) is 0 Å². The Morgan fingerprint density at radius 3 is 2.88 bits per heavy atom. The molecular weight excluding hydrogens is 218 g/mol. The molecule has 3 N–H and O–H groups in total. The third-order valence-electron chi connectivity index (χ3n) is 1.65. The van der Waals surface area contributed by atoms with E-state index in [0.717, 1.165) is 0 Å². The van der Waals surface area contributed by atoms with Gasteiger partial charge < -0.3 is 15.8 Å². The van der Waals surface area contributed by atoms with E-state index in [9.17, 15) is 8.78 Å². The van der Waals surface area contributed by atoms with Crippen molar-refractivity contribution in [3.05, 3.63) is 11.9 Å². The fraction of sp³-hybridized carbons (Fsp3) is 0.556. The Morgan fingerprint density at radius 2 is 2.25 bits per heavy atom. The molecule has 0 unspecified atom stereocenters. The van der Waals surface area contributed by atoms with E-state index in [-0.39, 0.29) is 6.61 Å². The minimum Gasteiger partial charge on any atom is -0.384 e. The molecule has 0 aliphatic heterocycles. The van der Waals surface area contributed by atoms with Crippen LogP contribution in [0.15, 0.2) is 6.07 Å². The van der Waals surface area contributed by atoms with Gasteiger partial charge in [-0.25, -0.2) is 18.7 Å². The molecule has 0 aliphatic carbocycles. The highest BCUT2D eigenvalue weighted by atomic mass is 19.3. The van der Waals surface area contributed by atoms with Crippen molar-refractivity contribution in [1.29, 1.82) is 0 Å². The van der Waals surface area contributed by atoms with Gasteiger partial charge in [0.15, 0.2) is 0 Å². The number of nitrogens with zero attached hydrogens (tertiary/aromatic N) is 2. The van der Waals surface area contributed by atoms with Crippen molar-refractivity contribution in [3.63, 3.8) is 0 Å². The standard InChI is InChI=1S/C9H14F2N4O/c1-6-14-8(12)4-9(15-6)13-2-3-16-5-7(10)11/h4,7H,2-3,5H2,1H3,(H3,12,13,14,15). The first-order chi connectivity index (χ1) is 7.58. The molecule has 0 radical (unpaired) electrons. The van der Waals surface area contributed by atoms with Crippen molar-refractivity contribution in [1.82, 2.24) is 9.97 Å². The molecule has 0 aliphatic rings. The number of rotatable bonds is 6. The van der Waals surface area contributed by atoms with Gasteiger partial charge in [-0.3, -0.25) is 0 Å². The van der Waals surface area contributed by atoms with Crippen molar-refractivity contribution >= 4 is 11.6 Å². The number of halogens is 2. The van der Waals surface area contributed by atoms with E-state index >= 15 is 0 Å². The van der Waals surface area contributed by atoms with E-state index in [4.69, 9.17) is 10.5 Å². The molecule has 0 bridgehead atoms. The molecule has 16 heavy (non-hydrogen) atoms. The highest BCUT2D eigenvalue weighted by Gasteiger charge is 2.01. The van der Waals surface area contributed by atoms with Gasteiger partial charge in [0.05, 0.1) is 6.61 Å². The minimum absolute atomic E-state index is 0.188. The van der Waals surface area contributed by atoms with Gasteiger partial charge >= 0.3 is 0 Å². The van der Waals surface area contributed by atoms with Crippen molar-refractivity contribution < 1.29 is 13.5 Å². The van der Waals surface area contributed by atoms with Gasteiger partial charge in [-0.05, 0) is 6.92 Å². The topological polar surface area (TPSA) is 73.1 Å². The van der Waals surface area contributed by atoms with E-state index in [1.807, 2.05) is 0 Å². The van der Waals surface area contributed by atoms with Crippen LogP contribution in [0.2, 0.25) is 0 Å². The van der Waals surface area contributed by atoms with Gasteiger partial charge in [0, 0.05) is 12.6 Å². The van der Waals surface area contributed by atoms with Gasteiger partial charge in [-0.1, -0.05) is 0 Å². The number of nitrogens with two attached hydrogens (primary N) is 1. The maximum Gasteiger partial charge on any atom is 0.261 e.